The normalized spacial score (nSPS) is 12.8. The third kappa shape index (κ3) is 4.38. The predicted octanol–water partition coefficient (Wildman–Crippen LogP) is 2.84. The van der Waals surface area contributed by atoms with E-state index >= 15 is 0 Å². The van der Waals surface area contributed by atoms with Gasteiger partial charge in [-0.2, -0.15) is 0 Å². The number of aliphatic hydroxyl groups excluding tert-OH is 1. The van der Waals surface area contributed by atoms with Gasteiger partial charge in [0.25, 0.3) is 0 Å². The third-order valence-electron chi connectivity index (χ3n) is 2.95. The van der Waals surface area contributed by atoms with E-state index < -0.39 is 6.10 Å². The Balaban J connectivity index is 1.79. The number of benzene rings is 1. The van der Waals surface area contributed by atoms with Gasteiger partial charge in [0.15, 0.2) is 0 Å². The first-order chi connectivity index (χ1) is 9.15. The van der Waals surface area contributed by atoms with E-state index in [0.29, 0.717) is 6.42 Å². The SMILES string of the molecule is CN(CCC(O)c1ccc(F)cc1)Cc1cscn1. The van der Waals surface area contributed by atoms with Gasteiger partial charge >= 0.3 is 0 Å². The van der Waals surface area contributed by atoms with E-state index in [1.165, 1.54) is 12.1 Å². The zero-order chi connectivity index (χ0) is 13.7. The Morgan fingerprint density at radius 2 is 2.11 bits per heavy atom. The van der Waals surface area contributed by atoms with E-state index in [1.807, 2.05) is 17.9 Å². The Hall–Kier alpha value is -1.30. The molecule has 1 aromatic carbocycles. The number of hydrogen-bond acceptors (Lipinski definition) is 4. The fourth-order valence-electron chi connectivity index (χ4n) is 1.87. The number of thiazole rings is 1. The van der Waals surface area contributed by atoms with Crippen molar-refractivity contribution in [1.29, 1.82) is 0 Å². The van der Waals surface area contributed by atoms with Crippen LogP contribution in [0.15, 0.2) is 35.2 Å². The molecular weight excluding hydrogens is 263 g/mol. The molecule has 0 amide bonds. The molecule has 1 heterocycles. The molecule has 0 aliphatic heterocycles. The van der Waals surface area contributed by atoms with E-state index in [1.54, 1.807) is 23.5 Å². The van der Waals surface area contributed by atoms with Gasteiger partial charge in [-0.25, -0.2) is 9.37 Å². The van der Waals surface area contributed by atoms with Crippen molar-refractivity contribution in [3.05, 3.63) is 52.2 Å². The van der Waals surface area contributed by atoms with Crippen LogP contribution < -0.4 is 0 Å². The summed E-state index contributed by atoms with van der Waals surface area (Å²) >= 11 is 1.58. The van der Waals surface area contributed by atoms with Crippen LogP contribution in [0, 0.1) is 5.82 Å². The second-order valence-corrected chi connectivity index (χ2v) is 5.29. The molecule has 0 aliphatic rings. The van der Waals surface area contributed by atoms with Crippen molar-refractivity contribution in [3.8, 4) is 0 Å². The molecule has 2 rings (SSSR count). The van der Waals surface area contributed by atoms with Gasteiger partial charge in [0.05, 0.1) is 17.3 Å². The summed E-state index contributed by atoms with van der Waals surface area (Å²) in [5.41, 5.74) is 3.61. The molecule has 1 atom stereocenters. The van der Waals surface area contributed by atoms with Crippen molar-refractivity contribution in [3.63, 3.8) is 0 Å². The lowest BCUT2D eigenvalue weighted by molar-refractivity contribution is 0.147. The van der Waals surface area contributed by atoms with Gasteiger partial charge in [-0.15, -0.1) is 11.3 Å². The van der Waals surface area contributed by atoms with Gasteiger partial charge in [0.1, 0.15) is 5.82 Å². The van der Waals surface area contributed by atoms with Crippen LogP contribution >= 0.6 is 11.3 Å². The molecule has 19 heavy (non-hydrogen) atoms. The average Bonchev–Trinajstić information content (AvgIpc) is 2.89. The Labute approximate surface area is 116 Å². The molecule has 1 aromatic heterocycles. The molecule has 0 radical (unpaired) electrons. The number of aromatic nitrogens is 1. The van der Waals surface area contributed by atoms with Crippen LogP contribution in [0.25, 0.3) is 0 Å². The van der Waals surface area contributed by atoms with Crippen LogP contribution in [0.2, 0.25) is 0 Å². The smallest absolute Gasteiger partial charge is 0.123 e. The number of nitrogens with zero attached hydrogens (tertiary/aromatic N) is 2. The van der Waals surface area contributed by atoms with Crippen LogP contribution in [0.1, 0.15) is 23.8 Å². The first kappa shape index (κ1) is 14.1. The molecule has 3 nitrogen and oxygen atoms in total. The third-order valence-corrected chi connectivity index (χ3v) is 3.59. The second-order valence-electron chi connectivity index (χ2n) is 4.57. The average molecular weight is 280 g/mol. The van der Waals surface area contributed by atoms with E-state index in [9.17, 15) is 9.50 Å². The van der Waals surface area contributed by atoms with Crippen molar-refractivity contribution >= 4 is 11.3 Å². The maximum atomic E-state index is 12.8. The van der Waals surface area contributed by atoms with Gasteiger partial charge in [0, 0.05) is 18.5 Å². The zero-order valence-corrected chi connectivity index (χ0v) is 11.6. The van der Waals surface area contributed by atoms with Gasteiger partial charge in [-0.3, -0.25) is 0 Å². The van der Waals surface area contributed by atoms with Crippen LogP contribution in [0.4, 0.5) is 4.39 Å². The number of halogens is 1. The van der Waals surface area contributed by atoms with Crippen LogP contribution in [-0.4, -0.2) is 28.6 Å². The van der Waals surface area contributed by atoms with Crippen LogP contribution in [-0.2, 0) is 6.54 Å². The van der Waals surface area contributed by atoms with E-state index in [2.05, 4.69) is 9.88 Å². The second kappa shape index (κ2) is 6.75. The summed E-state index contributed by atoms with van der Waals surface area (Å²) in [4.78, 5) is 6.34. The molecule has 1 unspecified atom stereocenters. The lowest BCUT2D eigenvalue weighted by Gasteiger charge is -2.18. The van der Waals surface area contributed by atoms with Crippen molar-refractivity contribution in [2.75, 3.05) is 13.6 Å². The molecule has 5 heteroatoms. The summed E-state index contributed by atoms with van der Waals surface area (Å²) in [6.45, 7) is 1.54. The summed E-state index contributed by atoms with van der Waals surface area (Å²) in [6.07, 6.45) is 0.0604. The Morgan fingerprint density at radius 1 is 1.37 bits per heavy atom. The molecule has 0 saturated heterocycles. The quantitative estimate of drug-likeness (QED) is 0.884. The van der Waals surface area contributed by atoms with E-state index in [-0.39, 0.29) is 5.82 Å². The zero-order valence-electron chi connectivity index (χ0n) is 10.8. The van der Waals surface area contributed by atoms with Crippen LogP contribution in [0.3, 0.4) is 0 Å². The molecule has 0 spiro atoms. The number of hydrogen-bond donors (Lipinski definition) is 1. The minimum atomic E-state index is -0.557. The Bertz CT molecular complexity index is 487. The molecule has 2 aromatic rings. The molecule has 0 bridgehead atoms. The summed E-state index contributed by atoms with van der Waals surface area (Å²) in [6, 6.07) is 6.00. The summed E-state index contributed by atoms with van der Waals surface area (Å²) in [7, 11) is 2.00. The summed E-state index contributed by atoms with van der Waals surface area (Å²) in [5, 5.41) is 12.0. The van der Waals surface area contributed by atoms with Crippen molar-refractivity contribution < 1.29 is 9.50 Å². The summed E-state index contributed by atoms with van der Waals surface area (Å²) in [5.74, 6) is -0.281. The van der Waals surface area contributed by atoms with Gasteiger partial charge in [-0.05, 0) is 31.2 Å². The summed E-state index contributed by atoms with van der Waals surface area (Å²) < 4.78 is 12.8. The van der Waals surface area contributed by atoms with E-state index in [4.69, 9.17) is 0 Å². The maximum absolute atomic E-state index is 12.8. The van der Waals surface area contributed by atoms with Crippen molar-refractivity contribution in [2.24, 2.45) is 0 Å². The molecule has 0 saturated carbocycles. The lowest BCUT2D eigenvalue weighted by Crippen LogP contribution is -2.21. The Morgan fingerprint density at radius 3 is 2.74 bits per heavy atom. The van der Waals surface area contributed by atoms with Crippen molar-refractivity contribution in [2.45, 2.75) is 19.1 Å². The monoisotopic (exact) mass is 280 g/mol. The largest absolute Gasteiger partial charge is 0.388 e. The number of rotatable bonds is 6. The minimum Gasteiger partial charge on any atom is -0.388 e. The number of aliphatic hydroxyl groups is 1. The molecule has 102 valence electrons. The minimum absolute atomic E-state index is 0.281. The molecular formula is C14H17FN2OS. The fourth-order valence-corrected chi connectivity index (χ4v) is 2.42. The lowest BCUT2D eigenvalue weighted by atomic mass is 10.1. The molecule has 0 fully saturated rings. The fraction of sp³-hybridized carbons (Fsp3) is 0.357. The van der Waals surface area contributed by atoms with Gasteiger partial charge < -0.3 is 10.0 Å². The first-order valence-corrected chi connectivity index (χ1v) is 7.08. The standard InChI is InChI=1S/C14H17FN2OS/c1-17(8-13-9-19-10-16-13)7-6-14(18)11-2-4-12(15)5-3-11/h2-5,9-10,14,18H,6-8H2,1H3. The molecule has 1 N–H and O–H groups in total. The highest BCUT2D eigenvalue weighted by Crippen LogP contribution is 2.17. The van der Waals surface area contributed by atoms with Crippen LogP contribution in [0.5, 0.6) is 0 Å². The Kier molecular flexibility index (Phi) is 5.01. The molecule has 0 aliphatic carbocycles. The predicted molar refractivity (Wildman–Crippen MR) is 74.4 cm³/mol. The van der Waals surface area contributed by atoms with Gasteiger partial charge in [-0.1, -0.05) is 12.1 Å². The maximum Gasteiger partial charge on any atom is 0.123 e. The van der Waals surface area contributed by atoms with E-state index in [0.717, 1.165) is 24.3 Å². The first-order valence-electron chi connectivity index (χ1n) is 6.14. The highest BCUT2D eigenvalue weighted by molar-refractivity contribution is 7.07. The highest BCUT2D eigenvalue weighted by atomic mass is 32.1. The topological polar surface area (TPSA) is 36.4 Å². The van der Waals surface area contributed by atoms with Crippen molar-refractivity contribution in [1.82, 2.24) is 9.88 Å². The van der Waals surface area contributed by atoms with Gasteiger partial charge in [0.2, 0.25) is 0 Å². The highest BCUT2D eigenvalue weighted by Gasteiger charge is 2.09.